The first-order valence-corrected chi connectivity index (χ1v) is 12.0. The van der Waals surface area contributed by atoms with Gasteiger partial charge in [-0.25, -0.2) is 4.79 Å². The van der Waals surface area contributed by atoms with Crippen LogP contribution >= 0.6 is 11.6 Å². The van der Waals surface area contributed by atoms with Crippen molar-refractivity contribution in [3.8, 4) is 0 Å². The quantitative estimate of drug-likeness (QED) is 0.326. The summed E-state index contributed by atoms with van der Waals surface area (Å²) in [6, 6.07) is 20.2. The van der Waals surface area contributed by atoms with Gasteiger partial charge in [-0.1, -0.05) is 49.1 Å². The van der Waals surface area contributed by atoms with E-state index in [-0.39, 0.29) is 23.9 Å². The standard InChI is InChI=1S/C27H27ClN4O3/c28-24-16-15-22(17-23(24)26(34)29-19-7-3-1-4-8-19)30-25(33)18-11-13-21(14-12-18)32-27(35)31-20-9-5-2-6-10-20/h2,5-6,9-17,19H,1,3-4,7-8H2,(H,29,34)(H,30,33)(H2,31,32,35). The molecule has 1 saturated carbocycles. The van der Waals surface area contributed by atoms with E-state index in [1.807, 2.05) is 18.2 Å². The van der Waals surface area contributed by atoms with Gasteiger partial charge in [0.25, 0.3) is 11.8 Å². The summed E-state index contributed by atoms with van der Waals surface area (Å²) in [5.74, 6) is -0.576. The van der Waals surface area contributed by atoms with Crippen LogP contribution in [0.25, 0.3) is 0 Å². The van der Waals surface area contributed by atoms with Gasteiger partial charge in [0.05, 0.1) is 10.6 Å². The molecule has 1 aliphatic carbocycles. The Labute approximate surface area is 209 Å². The summed E-state index contributed by atoms with van der Waals surface area (Å²) in [4.78, 5) is 37.6. The van der Waals surface area contributed by atoms with Crippen LogP contribution in [0.4, 0.5) is 21.9 Å². The highest BCUT2D eigenvalue weighted by Crippen LogP contribution is 2.23. The van der Waals surface area contributed by atoms with Crippen LogP contribution in [-0.4, -0.2) is 23.9 Å². The first-order chi connectivity index (χ1) is 17.0. The second-order valence-corrected chi connectivity index (χ2v) is 8.89. The molecule has 4 N–H and O–H groups in total. The Morgan fingerprint density at radius 3 is 2.00 bits per heavy atom. The average molecular weight is 491 g/mol. The predicted octanol–water partition coefficient (Wildman–Crippen LogP) is 6.30. The summed E-state index contributed by atoms with van der Waals surface area (Å²) in [6.45, 7) is 0. The highest BCUT2D eigenvalue weighted by Gasteiger charge is 2.19. The zero-order chi connectivity index (χ0) is 24.6. The summed E-state index contributed by atoms with van der Waals surface area (Å²) in [6.07, 6.45) is 5.37. The molecule has 0 unspecified atom stereocenters. The molecule has 3 aromatic rings. The van der Waals surface area contributed by atoms with Crippen molar-refractivity contribution >= 4 is 46.5 Å². The Bertz CT molecular complexity index is 1190. The minimum Gasteiger partial charge on any atom is -0.349 e. The molecular formula is C27H27ClN4O3. The van der Waals surface area contributed by atoms with E-state index in [2.05, 4.69) is 21.3 Å². The van der Waals surface area contributed by atoms with Crippen molar-refractivity contribution in [1.82, 2.24) is 5.32 Å². The van der Waals surface area contributed by atoms with E-state index in [0.717, 1.165) is 25.7 Å². The number of carbonyl (C=O) groups excluding carboxylic acids is 3. The Hall–Kier alpha value is -3.84. The number of urea groups is 1. The number of halogens is 1. The Morgan fingerprint density at radius 2 is 1.31 bits per heavy atom. The maximum Gasteiger partial charge on any atom is 0.323 e. The van der Waals surface area contributed by atoms with E-state index in [0.29, 0.717) is 33.2 Å². The van der Waals surface area contributed by atoms with Gasteiger partial charge in [0.15, 0.2) is 0 Å². The van der Waals surface area contributed by atoms with Crippen LogP contribution in [0, 0.1) is 0 Å². The van der Waals surface area contributed by atoms with E-state index in [4.69, 9.17) is 11.6 Å². The average Bonchev–Trinajstić information content (AvgIpc) is 2.86. The van der Waals surface area contributed by atoms with E-state index < -0.39 is 0 Å². The molecule has 0 aromatic heterocycles. The minimum absolute atomic E-state index is 0.160. The molecule has 0 spiro atoms. The number of amides is 4. The van der Waals surface area contributed by atoms with E-state index in [1.165, 1.54) is 6.42 Å². The molecule has 4 rings (SSSR count). The molecule has 4 amide bonds. The molecule has 1 fully saturated rings. The van der Waals surface area contributed by atoms with Gasteiger partial charge < -0.3 is 21.3 Å². The second kappa shape index (κ2) is 11.5. The van der Waals surface area contributed by atoms with Crippen molar-refractivity contribution in [1.29, 1.82) is 0 Å². The van der Waals surface area contributed by atoms with Crippen LogP contribution in [0.3, 0.4) is 0 Å². The van der Waals surface area contributed by atoms with Gasteiger partial charge in [-0.2, -0.15) is 0 Å². The van der Waals surface area contributed by atoms with Gasteiger partial charge in [0.1, 0.15) is 0 Å². The fraction of sp³-hybridized carbons (Fsp3) is 0.222. The second-order valence-electron chi connectivity index (χ2n) is 8.48. The van der Waals surface area contributed by atoms with Crippen LogP contribution < -0.4 is 21.3 Å². The number of rotatable bonds is 6. The number of hydrogen-bond acceptors (Lipinski definition) is 3. The predicted molar refractivity (Wildman–Crippen MR) is 139 cm³/mol. The maximum atomic E-state index is 12.7. The summed E-state index contributed by atoms with van der Waals surface area (Å²) in [5.41, 5.74) is 2.43. The Morgan fingerprint density at radius 1 is 0.686 bits per heavy atom. The van der Waals surface area contributed by atoms with Crippen LogP contribution in [0.5, 0.6) is 0 Å². The lowest BCUT2D eigenvalue weighted by molar-refractivity contribution is 0.0926. The third-order valence-corrected chi connectivity index (χ3v) is 6.18. The maximum absolute atomic E-state index is 12.7. The lowest BCUT2D eigenvalue weighted by Crippen LogP contribution is -2.36. The minimum atomic E-state index is -0.381. The van der Waals surface area contributed by atoms with Crippen LogP contribution in [0.1, 0.15) is 52.8 Å². The number of benzene rings is 3. The highest BCUT2D eigenvalue weighted by atomic mass is 35.5. The fourth-order valence-corrected chi connectivity index (χ4v) is 4.21. The molecule has 1 aliphatic rings. The third-order valence-electron chi connectivity index (χ3n) is 5.85. The molecular weight excluding hydrogens is 464 g/mol. The molecule has 0 heterocycles. The molecule has 0 radical (unpaired) electrons. The number of carbonyl (C=O) groups is 3. The van der Waals surface area contributed by atoms with E-state index >= 15 is 0 Å². The largest absolute Gasteiger partial charge is 0.349 e. The normalized spacial score (nSPS) is 13.5. The number of anilines is 3. The molecule has 0 saturated heterocycles. The lowest BCUT2D eigenvalue weighted by atomic mass is 9.95. The molecule has 180 valence electrons. The first-order valence-electron chi connectivity index (χ1n) is 11.6. The monoisotopic (exact) mass is 490 g/mol. The topological polar surface area (TPSA) is 99.3 Å². The van der Waals surface area contributed by atoms with Crippen molar-refractivity contribution in [2.45, 2.75) is 38.1 Å². The van der Waals surface area contributed by atoms with Gasteiger partial charge in [-0.3, -0.25) is 9.59 Å². The van der Waals surface area contributed by atoms with Crippen LogP contribution in [0.15, 0.2) is 72.8 Å². The number of nitrogens with one attached hydrogen (secondary N) is 4. The molecule has 7 nitrogen and oxygen atoms in total. The van der Waals surface area contributed by atoms with Crippen molar-refractivity contribution < 1.29 is 14.4 Å². The lowest BCUT2D eigenvalue weighted by Gasteiger charge is -2.23. The van der Waals surface area contributed by atoms with Gasteiger partial charge in [-0.15, -0.1) is 0 Å². The van der Waals surface area contributed by atoms with Gasteiger partial charge in [-0.05, 0) is 67.4 Å². The molecule has 8 heteroatoms. The Balaban J connectivity index is 1.35. The van der Waals surface area contributed by atoms with Crippen molar-refractivity contribution in [2.75, 3.05) is 16.0 Å². The van der Waals surface area contributed by atoms with E-state index in [1.54, 1.807) is 54.6 Å². The fourth-order valence-electron chi connectivity index (χ4n) is 4.01. The van der Waals surface area contributed by atoms with Crippen molar-refractivity contribution in [3.05, 3.63) is 88.9 Å². The highest BCUT2D eigenvalue weighted by molar-refractivity contribution is 6.34. The third kappa shape index (κ3) is 6.83. The molecule has 0 bridgehead atoms. The van der Waals surface area contributed by atoms with Gasteiger partial charge in [0.2, 0.25) is 0 Å². The zero-order valence-electron chi connectivity index (χ0n) is 19.1. The van der Waals surface area contributed by atoms with E-state index in [9.17, 15) is 14.4 Å². The molecule has 3 aromatic carbocycles. The molecule has 0 aliphatic heterocycles. The first kappa shape index (κ1) is 24.3. The van der Waals surface area contributed by atoms with Crippen molar-refractivity contribution in [2.24, 2.45) is 0 Å². The van der Waals surface area contributed by atoms with Crippen LogP contribution in [-0.2, 0) is 0 Å². The number of hydrogen-bond donors (Lipinski definition) is 4. The smallest absolute Gasteiger partial charge is 0.323 e. The summed E-state index contributed by atoms with van der Waals surface area (Å²) < 4.78 is 0. The van der Waals surface area contributed by atoms with Crippen LogP contribution in [0.2, 0.25) is 5.02 Å². The molecule has 0 atom stereocenters. The SMILES string of the molecule is O=C(Nc1ccccc1)Nc1ccc(C(=O)Nc2ccc(Cl)c(C(=O)NC3CCCCC3)c2)cc1. The summed E-state index contributed by atoms with van der Waals surface area (Å²) >= 11 is 6.26. The Kier molecular flexibility index (Phi) is 8.00. The van der Waals surface area contributed by atoms with Gasteiger partial charge in [0, 0.05) is 28.7 Å². The molecule has 35 heavy (non-hydrogen) atoms. The number of para-hydroxylation sites is 1. The van der Waals surface area contributed by atoms with Crippen molar-refractivity contribution in [3.63, 3.8) is 0 Å². The summed E-state index contributed by atoms with van der Waals surface area (Å²) in [7, 11) is 0. The summed E-state index contributed by atoms with van der Waals surface area (Å²) in [5, 5.41) is 11.6. The van der Waals surface area contributed by atoms with Gasteiger partial charge >= 0.3 is 6.03 Å². The zero-order valence-corrected chi connectivity index (χ0v) is 19.9.